The molecule has 0 spiro atoms. The summed E-state index contributed by atoms with van der Waals surface area (Å²) in [6.45, 7) is 11.1. The largest absolute Gasteiger partial charge is 0.465 e. The van der Waals surface area contributed by atoms with Gasteiger partial charge in [0.25, 0.3) is 0 Å². The molecule has 5 nitrogen and oxygen atoms in total. The van der Waals surface area contributed by atoms with Crippen molar-refractivity contribution in [2.24, 2.45) is 0 Å². The minimum absolute atomic E-state index is 0.264. The average Bonchev–Trinajstić information content (AvgIpc) is 2.44. The molecule has 20 heavy (non-hydrogen) atoms. The summed E-state index contributed by atoms with van der Waals surface area (Å²) >= 11 is 0. The molecule has 0 aromatic heterocycles. The van der Waals surface area contributed by atoms with E-state index in [4.69, 9.17) is 14.2 Å². The van der Waals surface area contributed by atoms with Gasteiger partial charge in [-0.15, -0.1) is 0 Å². The molecule has 120 valence electrons. The van der Waals surface area contributed by atoms with Gasteiger partial charge < -0.3 is 19.5 Å². The van der Waals surface area contributed by atoms with Crippen LogP contribution in [0.15, 0.2) is 0 Å². The zero-order chi connectivity index (χ0) is 15.3. The molecule has 1 N–H and O–H groups in total. The Labute approximate surface area is 123 Å². The van der Waals surface area contributed by atoms with Crippen molar-refractivity contribution in [2.75, 3.05) is 39.6 Å². The Morgan fingerprint density at radius 1 is 1.05 bits per heavy atom. The van der Waals surface area contributed by atoms with Crippen LogP contribution in [0.3, 0.4) is 0 Å². The van der Waals surface area contributed by atoms with Crippen LogP contribution in [0.5, 0.6) is 0 Å². The second-order valence-electron chi connectivity index (χ2n) is 5.00. The number of nitrogens with one attached hydrogen (secondary N) is 1. The molecule has 0 rings (SSSR count). The standard InChI is InChI=1S/C15H31NO4/c1-5-8-10-18-11-12-19-13-15(4,16-9-6-2)14(17)20-7-3/h16H,5-13H2,1-4H3. The molecule has 0 aliphatic heterocycles. The van der Waals surface area contributed by atoms with Gasteiger partial charge in [-0.25, -0.2) is 4.79 Å². The minimum atomic E-state index is -0.782. The highest BCUT2D eigenvalue weighted by atomic mass is 16.5. The number of rotatable bonds is 13. The SMILES string of the molecule is CCCCOCCOCC(C)(NCCC)C(=O)OCC. The van der Waals surface area contributed by atoms with Gasteiger partial charge in [-0.05, 0) is 33.2 Å². The fraction of sp³-hybridized carbons (Fsp3) is 0.933. The molecule has 1 unspecified atom stereocenters. The van der Waals surface area contributed by atoms with E-state index in [1.165, 1.54) is 0 Å². The third-order valence-electron chi connectivity index (χ3n) is 2.90. The lowest BCUT2D eigenvalue weighted by Crippen LogP contribution is -2.54. The summed E-state index contributed by atoms with van der Waals surface area (Å²) < 4.78 is 16.1. The van der Waals surface area contributed by atoms with Gasteiger partial charge in [-0.2, -0.15) is 0 Å². The molecule has 1 atom stereocenters. The predicted octanol–water partition coefficient (Wildman–Crippen LogP) is 2.14. The Morgan fingerprint density at radius 3 is 2.35 bits per heavy atom. The van der Waals surface area contributed by atoms with Crippen molar-refractivity contribution in [3.05, 3.63) is 0 Å². The van der Waals surface area contributed by atoms with Gasteiger partial charge in [0.2, 0.25) is 0 Å². The molecule has 0 aliphatic rings. The van der Waals surface area contributed by atoms with Crippen molar-refractivity contribution in [2.45, 2.75) is 52.5 Å². The number of hydrogen-bond donors (Lipinski definition) is 1. The Kier molecular flexibility index (Phi) is 11.7. The lowest BCUT2D eigenvalue weighted by molar-refractivity contribution is -0.153. The van der Waals surface area contributed by atoms with Crippen LogP contribution in [-0.4, -0.2) is 51.1 Å². The van der Waals surface area contributed by atoms with Crippen LogP contribution in [0.2, 0.25) is 0 Å². The van der Waals surface area contributed by atoms with Crippen LogP contribution in [0.4, 0.5) is 0 Å². The summed E-state index contributed by atoms with van der Waals surface area (Å²) in [5.74, 6) is -0.264. The Hall–Kier alpha value is -0.650. The summed E-state index contributed by atoms with van der Waals surface area (Å²) in [4.78, 5) is 12.0. The molecule has 0 aromatic carbocycles. The predicted molar refractivity (Wildman–Crippen MR) is 79.9 cm³/mol. The van der Waals surface area contributed by atoms with Crippen LogP contribution in [0, 0.1) is 0 Å². The van der Waals surface area contributed by atoms with E-state index in [1.807, 2.05) is 6.92 Å². The number of esters is 1. The van der Waals surface area contributed by atoms with E-state index in [0.29, 0.717) is 26.4 Å². The summed E-state index contributed by atoms with van der Waals surface area (Å²) in [7, 11) is 0. The lowest BCUT2D eigenvalue weighted by atomic mass is 10.0. The molecule has 0 aromatic rings. The van der Waals surface area contributed by atoms with Crippen molar-refractivity contribution >= 4 is 5.97 Å². The van der Waals surface area contributed by atoms with Crippen molar-refractivity contribution < 1.29 is 19.0 Å². The van der Waals surface area contributed by atoms with Gasteiger partial charge in [0.1, 0.15) is 5.54 Å². The molecule has 0 fully saturated rings. The molecule has 0 amide bonds. The monoisotopic (exact) mass is 289 g/mol. The van der Waals surface area contributed by atoms with Crippen molar-refractivity contribution in [3.63, 3.8) is 0 Å². The van der Waals surface area contributed by atoms with Gasteiger partial charge >= 0.3 is 5.97 Å². The van der Waals surface area contributed by atoms with Gasteiger partial charge in [-0.1, -0.05) is 20.3 Å². The first-order valence-corrected chi connectivity index (χ1v) is 7.68. The lowest BCUT2D eigenvalue weighted by Gasteiger charge is -2.28. The Morgan fingerprint density at radius 2 is 1.75 bits per heavy atom. The third kappa shape index (κ3) is 8.51. The second kappa shape index (κ2) is 12.1. The van der Waals surface area contributed by atoms with Crippen LogP contribution in [0.1, 0.15) is 47.0 Å². The Bertz CT molecular complexity index is 248. The molecule has 0 heterocycles. The molecule has 0 saturated carbocycles. The normalized spacial score (nSPS) is 14.0. The van der Waals surface area contributed by atoms with Gasteiger partial charge in [0.05, 0.1) is 26.4 Å². The zero-order valence-electron chi connectivity index (χ0n) is 13.5. The maximum absolute atomic E-state index is 12.0. The summed E-state index contributed by atoms with van der Waals surface area (Å²) in [6, 6.07) is 0. The fourth-order valence-corrected chi connectivity index (χ4v) is 1.62. The first-order chi connectivity index (χ1) is 9.60. The first-order valence-electron chi connectivity index (χ1n) is 7.68. The molecule has 5 heteroatoms. The van der Waals surface area contributed by atoms with E-state index in [0.717, 1.165) is 32.4 Å². The van der Waals surface area contributed by atoms with E-state index in [1.54, 1.807) is 6.92 Å². The highest BCUT2D eigenvalue weighted by Gasteiger charge is 2.34. The first kappa shape index (κ1) is 19.4. The molecule has 0 saturated heterocycles. The van der Waals surface area contributed by atoms with E-state index in [9.17, 15) is 4.79 Å². The van der Waals surface area contributed by atoms with Crippen LogP contribution in [0.25, 0.3) is 0 Å². The highest BCUT2D eigenvalue weighted by Crippen LogP contribution is 2.08. The van der Waals surface area contributed by atoms with Crippen LogP contribution >= 0.6 is 0 Å². The molecule has 0 bridgehead atoms. The van der Waals surface area contributed by atoms with E-state index < -0.39 is 5.54 Å². The van der Waals surface area contributed by atoms with Crippen molar-refractivity contribution in [3.8, 4) is 0 Å². The average molecular weight is 289 g/mol. The number of hydrogen-bond acceptors (Lipinski definition) is 5. The number of carbonyl (C=O) groups is 1. The minimum Gasteiger partial charge on any atom is -0.465 e. The van der Waals surface area contributed by atoms with Crippen LogP contribution < -0.4 is 5.32 Å². The number of unbranched alkanes of at least 4 members (excludes halogenated alkanes) is 1. The van der Waals surface area contributed by atoms with Gasteiger partial charge in [0.15, 0.2) is 0 Å². The maximum atomic E-state index is 12.0. The summed E-state index contributed by atoms with van der Waals surface area (Å²) in [6.07, 6.45) is 3.15. The highest BCUT2D eigenvalue weighted by molar-refractivity contribution is 5.80. The van der Waals surface area contributed by atoms with E-state index in [-0.39, 0.29) is 5.97 Å². The van der Waals surface area contributed by atoms with Crippen molar-refractivity contribution in [1.29, 1.82) is 0 Å². The zero-order valence-corrected chi connectivity index (χ0v) is 13.5. The maximum Gasteiger partial charge on any atom is 0.328 e. The van der Waals surface area contributed by atoms with Gasteiger partial charge in [-0.3, -0.25) is 0 Å². The molecular formula is C15H31NO4. The topological polar surface area (TPSA) is 56.8 Å². The quantitative estimate of drug-likeness (QED) is 0.416. The summed E-state index contributed by atoms with van der Waals surface area (Å²) in [5.41, 5.74) is -0.782. The van der Waals surface area contributed by atoms with Crippen LogP contribution in [-0.2, 0) is 19.0 Å². The fourth-order valence-electron chi connectivity index (χ4n) is 1.62. The Balaban J connectivity index is 4.00. The smallest absolute Gasteiger partial charge is 0.328 e. The number of carbonyl (C=O) groups excluding carboxylic acids is 1. The number of ether oxygens (including phenoxy) is 3. The van der Waals surface area contributed by atoms with E-state index >= 15 is 0 Å². The molecule has 0 aliphatic carbocycles. The van der Waals surface area contributed by atoms with E-state index in [2.05, 4.69) is 19.2 Å². The molecule has 0 radical (unpaired) electrons. The molecular weight excluding hydrogens is 258 g/mol. The van der Waals surface area contributed by atoms with Crippen molar-refractivity contribution in [1.82, 2.24) is 5.32 Å². The second-order valence-corrected chi connectivity index (χ2v) is 5.00. The van der Waals surface area contributed by atoms with Gasteiger partial charge in [0, 0.05) is 6.61 Å². The summed E-state index contributed by atoms with van der Waals surface area (Å²) in [5, 5.41) is 3.20. The third-order valence-corrected chi connectivity index (χ3v) is 2.90.